The van der Waals surface area contributed by atoms with E-state index in [0.29, 0.717) is 49.2 Å². The van der Waals surface area contributed by atoms with Crippen molar-refractivity contribution in [2.45, 2.75) is 44.6 Å². The predicted molar refractivity (Wildman–Crippen MR) is 161 cm³/mol. The van der Waals surface area contributed by atoms with Gasteiger partial charge in [0.15, 0.2) is 9.84 Å². The van der Waals surface area contributed by atoms with Crippen molar-refractivity contribution in [2.75, 3.05) is 32.0 Å². The number of amides is 1. The maximum Gasteiger partial charge on any atom is 0.469 e. The molecule has 224 valence electrons. The van der Waals surface area contributed by atoms with Crippen molar-refractivity contribution in [3.63, 3.8) is 0 Å². The molecule has 42 heavy (non-hydrogen) atoms. The van der Waals surface area contributed by atoms with Gasteiger partial charge in [-0.3, -0.25) is 9.32 Å². The quantitative estimate of drug-likeness (QED) is 0.203. The molecule has 2 aromatic carbocycles. The highest BCUT2D eigenvalue weighted by atomic mass is 32.2. The maximum absolute atomic E-state index is 13.7. The Bertz CT molecular complexity index is 1810. The molecule has 2 aromatic heterocycles. The minimum atomic E-state index is -4.49. The second kappa shape index (κ2) is 11.9. The number of benzene rings is 2. The van der Waals surface area contributed by atoms with Crippen LogP contribution in [0.5, 0.6) is 0 Å². The Hall–Kier alpha value is -3.12. The zero-order valence-electron chi connectivity index (χ0n) is 23.8. The molecule has 5 rings (SSSR count). The first kappa shape index (κ1) is 30.3. The molecule has 11 nitrogen and oxygen atoms in total. The van der Waals surface area contributed by atoms with E-state index in [0.717, 1.165) is 33.0 Å². The van der Waals surface area contributed by atoms with Crippen LogP contribution in [-0.4, -0.2) is 77.0 Å². The van der Waals surface area contributed by atoms with Crippen molar-refractivity contribution in [2.24, 2.45) is 0 Å². The van der Waals surface area contributed by atoms with Gasteiger partial charge in [0.05, 0.1) is 22.8 Å². The summed E-state index contributed by atoms with van der Waals surface area (Å²) in [5.41, 5.74) is 5.13. The second-order valence-electron chi connectivity index (χ2n) is 10.7. The molecule has 1 fully saturated rings. The number of aromatic amines is 1. The van der Waals surface area contributed by atoms with Crippen LogP contribution in [0.25, 0.3) is 33.1 Å². The van der Waals surface area contributed by atoms with E-state index in [1.165, 1.54) is 0 Å². The van der Waals surface area contributed by atoms with Crippen LogP contribution in [0.3, 0.4) is 0 Å². The van der Waals surface area contributed by atoms with Gasteiger partial charge in [0.1, 0.15) is 5.65 Å². The zero-order valence-corrected chi connectivity index (χ0v) is 25.5. The summed E-state index contributed by atoms with van der Waals surface area (Å²) in [5, 5.41) is 4.94. The highest BCUT2D eigenvalue weighted by Crippen LogP contribution is 2.39. The molecule has 3 heterocycles. The van der Waals surface area contributed by atoms with Crippen molar-refractivity contribution in [3.8, 4) is 11.1 Å². The van der Waals surface area contributed by atoms with Crippen LogP contribution in [-0.2, 0) is 18.9 Å². The fourth-order valence-electron chi connectivity index (χ4n) is 5.54. The molecule has 0 spiro atoms. The number of fused-ring (bicyclic) bond motifs is 3. The van der Waals surface area contributed by atoms with Gasteiger partial charge in [0.25, 0.3) is 5.91 Å². The lowest BCUT2D eigenvalue weighted by Crippen LogP contribution is -2.45. The number of nitrogens with zero attached hydrogens (tertiary/aromatic N) is 2. The standard InChI is InChI=1S/C29H35N4O7PS/c1-4-42(38,39)22-7-5-6-20(15-22)24-16-23(19(3)27-26(24)25-14-18(2)17-30-28(25)32-27)29(34)31-21-8-10-33(11-9-21)12-13-40-41(35,36)37/h5-7,14-17,21H,4,8-13H2,1-3H3,(H,30,32)(H,31,34)(H2,35,36,37). The summed E-state index contributed by atoms with van der Waals surface area (Å²) in [6, 6.07) is 10.6. The third-order valence-electron chi connectivity index (χ3n) is 7.84. The first-order valence-electron chi connectivity index (χ1n) is 13.8. The van der Waals surface area contributed by atoms with Crippen LogP contribution in [0.4, 0.5) is 0 Å². The fraction of sp³-hybridized carbons (Fsp3) is 0.379. The number of H-pyrrole nitrogens is 1. The number of aryl methyl sites for hydroxylation is 2. The van der Waals surface area contributed by atoms with Gasteiger partial charge >= 0.3 is 7.82 Å². The van der Waals surface area contributed by atoms with E-state index in [9.17, 15) is 17.8 Å². The number of rotatable bonds is 9. The molecule has 1 aliphatic rings. The Morgan fingerprint density at radius 3 is 2.62 bits per heavy atom. The third-order valence-corrected chi connectivity index (χ3v) is 10.1. The fourth-order valence-corrected chi connectivity index (χ4v) is 6.78. The van der Waals surface area contributed by atoms with Gasteiger partial charge < -0.3 is 25.0 Å². The monoisotopic (exact) mass is 614 g/mol. The average Bonchev–Trinajstić information content (AvgIpc) is 3.33. The molecule has 0 aliphatic carbocycles. The molecule has 13 heteroatoms. The van der Waals surface area contributed by atoms with Crippen LogP contribution in [0.1, 0.15) is 41.3 Å². The molecule has 4 aromatic rings. The minimum Gasteiger partial charge on any atom is -0.349 e. The number of carbonyl (C=O) groups excluding carboxylic acids is 1. The van der Waals surface area contributed by atoms with Crippen LogP contribution >= 0.6 is 7.82 Å². The Morgan fingerprint density at radius 2 is 1.93 bits per heavy atom. The molecular weight excluding hydrogens is 579 g/mol. The van der Waals surface area contributed by atoms with Gasteiger partial charge in [0, 0.05) is 48.2 Å². The summed E-state index contributed by atoms with van der Waals surface area (Å²) in [6.45, 7) is 7.11. The van der Waals surface area contributed by atoms with Crippen LogP contribution < -0.4 is 5.32 Å². The summed E-state index contributed by atoms with van der Waals surface area (Å²) >= 11 is 0. The highest BCUT2D eigenvalue weighted by molar-refractivity contribution is 7.91. The highest BCUT2D eigenvalue weighted by Gasteiger charge is 2.25. The SMILES string of the molecule is CCS(=O)(=O)c1cccc(-c2cc(C(=O)NC3CCN(CCOP(=O)(O)O)CC3)c(C)c3[nH]c4ncc(C)cc4c23)c1. The number of piperidine rings is 1. The van der Waals surface area contributed by atoms with Crippen LogP contribution in [0.2, 0.25) is 0 Å². The number of sulfone groups is 1. The van der Waals surface area contributed by atoms with E-state index in [2.05, 4.69) is 19.8 Å². The van der Waals surface area contributed by atoms with E-state index >= 15 is 0 Å². The van der Waals surface area contributed by atoms with Gasteiger partial charge in [-0.05, 0) is 73.2 Å². The topological polar surface area (TPSA) is 162 Å². The summed E-state index contributed by atoms with van der Waals surface area (Å²) in [7, 11) is -7.93. The molecule has 1 saturated heterocycles. The molecule has 1 amide bonds. The lowest BCUT2D eigenvalue weighted by atomic mass is 9.93. The number of aromatic nitrogens is 2. The Balaban J connectivity index is 1.48. The zero-order chi connectivity index (χ0) is 30.2. The maximum atomic E-state index is 13.7. The van der Waals surface area contributed by atoms with Gasteiger partial charge in [-0.1, -0.05) is 19.1 Å². The molecule has 4 N–H and O–H groups in total. The van der Waals surface area contributed by atoms with E-state index in [1.54, 1.807) is 31.3 Å². The number of likely N-dealkylation sites (tertiary alicyclic amines) is 1. The summed E-state index contributed by atoms with van der Waals surface area (Å²) in [6.07, 6.45) is 3.14. The Labute approximate surface area is 244 Å². The van der Waals surface area contributed by atoms with Crippen molar-refractivity contribution in [1.29, 1.82) is 0 Å². The number of pyridine rings is 1. The first-order valence-corrected chi connectivity index (χ1v) is 17.0. The normalized spacial score (nSPS) is 15.5. The van der Waals surface area contributed by atoms with Crippen molar-refractivity contribution < 1.29 is 32.1 Å². The van der Waals surface area contributed by atoms with Crippen molar-refractivity contribution in [3.05, 3.63) is 59.3 Å². The van der Waals surface area contributed by atoms with E-state index in [-0.39, 0.29) is 29.2 Å². The number of carbonyl (C=O) groups is 1. The number of hydrogen-bond donors (Lipinski definition) is 4. The average molecular weight is 615 g/mol. The lowest BCUT2D eigenvalue weighted by molar-refractivity contribution is 0.0898. The molecule has 0 saturated carbocycles. The van der Waals surface area contributed by atoms with Crippen molar-refractivity contribution in [1.82, 2.24) is 20.2 Å². The number of nitrogens with one attached hydrogen (secondary N) is 2. The van der Waals surface area contributed by atoms with Crippen LogP contribution in [0, 0.1) is 13.8 Å². The summed E-state index contributed by atoms with van der Waals surface area (Å²) in [4.78, 5) is 41.7. The number of phosphoric acid groups is 1. The summed E-state index contributed by atoms with van der Waals surface area (Å²) in [5.74, 6) is -0.238. The van der Waals surface area contributed by atoms with Gasteiger partial charge in [-0.25, -0.2) is 18.0 Å². The van der Waals surface area contributed by atoms with Gasteiger partial charge in [-0.15, -0.1) is 0 Å². The summed E-state index contributed by atoms with van der Waals surface area (Å²) < 4.78 is 40.9. The van der Waals surface area contributed by atoms with E-state index < -0.39 is 17.7 Å². The van der Waals surface area contributed by atoms with E-state index in [1.807, 2.05) is 36.9 Å². The minimum absolute atomic E-state index is 0.0147. The molecular formula is C29H35N4O7PS. The molecule has 1 aliphatic heterocycles. The Morgan fingerprint density at radius 1 is 1.19 bits per heavy atom. The largest absolute Gasteiger partial charge is 0.469 e. The molecule has 0 radical (unpaired) electrons. The Kier molecular flexibility index (Phi) is 8.58. The third kappa shape index (κ3) is 6.44. The smallest absolute Gasteiger partial charge is 0.349 e. The second-order valence-corrected chi connectivity index (χ2v) is 14.2. The number of phosphoric ester groups is 1. The molecule has 0 bridgehead atoms. The van der Waals surface area contributed by atoms with E-state index in [4.69, 9.17) is 9.79 Å². The lowest BCUT2D eigenvalue weighted by Gasteiger charge is -2.32. The molecule has 0 atom stereocenters. The predicted octanol–water partition coefficient (Wildman–Crippen LogP) is 4.10. The van der Waals surface area contributed by atoms with Gasteiger partial charge in [0.2, 0.25) is 0 Å². The first-order chi connectivity index (χ1) is 19.9. The van der Waals surface area contributed by atoms with Crippen molar-refractivity contribution >= 4 is 45.5 Å². The van der Waals surface area contributed by atoms with Crippen LogP contribution in [0.15, 0.2) is 47.5 Å². The molecule has 0 unspecified atom stereocenters. The van der Waals surface area contributed by atoms with Gasteiger partial charge in [-0.2, -0.15) is 0 Å². The number of hydrogen-bond acceptors (Lipinski definition) is 7.